The molecule has 1 unspecified atom stereocenters. The van der Waals surface area contributed by atoms with Crippen LogP contribution < -0.4 is 4.72 Å². The molecule has 0 bridgehead atoms. The minimum absolute atomic E-state index is 0.198. The Bertz CT molecular complexity index is 512. The van der Waals surface area contributed by atoms with Crippen molar-refractivity contribution in [2.45, 2.75) is 22.9 Å². The Morgan fingerprint density at radius 3 is 2.72 bits per heavy atom. The van der Waals surface area contributed by atoms with E-state index in [1.165, 1.54) is 24.5 Å². The Kier molecular flexibility index (Phi) is 5.58. The van der Waals surface area contributed by atoms with Crippen LogP contribution in [-0.2, 0) is 26.0 Å². The third-order valence-corrected chi connectivity index (χ3v) is 5.64. The van der Waals surface area contributed by atoms with Crippen molar-refractivity contribution >= 4 is 38.9 Å². The maximum atomic E-state index is 11.9. The zero-order valence-electron chi connectivity index (χ0n) is 9.97. The molecule has 0 aliphatic rings. The smallest absolute Gasteiger partial charge is 0.325 e. The molecule has 102 valence electrons. The van der Waals surface area contributed by atoms with Gasteiger partial charge in [0.05, 0.1) is 7.11 Å². The number of alkyl halides is 1. The first-order chi connectivity index (χ1) is 8.40. The Morgan fingerprint density at radius 1 is 1.56 bits per heavy atom. The van der Waals surface area contributed by atoms with Crippen molar-refractivity contribution in [3.05, 3.63) is 17.0 Å². The van der Waals surface area contributed by atoms with Crippen LogP contribution >= 0.6 is 22.9 Å². The summed E-state index contributed by atoms with van der Waals surface area (Å²) < 4.78 is 30.6. The number of ether oxygens (including phenoxy) is 1. The number of rotatable bonds is 6. The Morgan fingerprint density at radius 2 is 2.22 bits per heavy atom. The van der Waals surface area contributed by atoms with Crippen molar-refractivity contribution in [1.82, 2.24) is 4.72 Å². The van der Waals surface area contributed by atoms with Gasteiger partial charge < -0.3 is 4.74 Å². The summed E-state index contributed by atoms with van der Waals surface area (Å²) in [5.74, 6) is -0.667. The van der Waals surface area contributed by atoms with Crippen molar-refractivity contribution in [1.29, 1.82) is 0 Å². The number of carbonyl (C=O) groups is 1. The lowest BCUT2D eigenvalue weighted by molar-refractivity contribution is -0.140. The zero-order chi connectivity index (χ0) is 13.8. The molecule has 0 fully saturated rings. The molecule has 5 nitrogen and oxygen atoms in total. The highest BCUT2D eigenvalue weighted by Crippen LogP contribution is 2.21. The van der Waals surface area contributed by atoms with Gasteiger partial charge in [-0.25, -0.2) is 13.1 Å². The second kappa shape index (κ2) is 6.51. The number of thiophene rings is 1. The van der Waals surface area contributed by atoms with Gasteiger partial charge in [0, 0.05) is 11.4 Å². The van der Waals surface area contributed by atoms with Crippen LogP contribution in [0.2, 0.25) is 0 Å². The van der Waals surface area contributed by atoms with Crippen molar-refractivity contribution in [3.8, 4) is 0 Å². The monoisotopic (exact) mass is 311 g/mol. The summed E-state index contributed by atoms with van der Waals surface area (Å²) in [5, 5.41) is -1.03. The van der Waals surface area contributed by atoms with Crippen LogP contribution in [0.15, 0.2) is 16.3 Å². The zero-order valence-corrected chi connectivity index (χ0v) is 12.4. The number of esters is 1. The molecule has 0 amide bonds. The number of hydrogen-bond acceptors (Lipinski definition) is 5. The second-order valence-corrected chi connectivity index (χ2v) is 7.11. The van der Waals surface area contributed by atoms with E-state index in [0.717, 1.165) is 11.3 Å². The van der Waals surface area contributed by atoms with Crippen LogP contribution in [0.3, 0.4) is 0 Å². The summed E-state index contributed by atoms with van der Waals surface area (Å²) in [6, 6.07) is 3.30. The molecular formula is C10H14ClNO4S2. The highest BCUT2D eigenvalue weighted by molar-refractivity contribution is 7.91. The fraction of sp³-hybridized carbons (Fsp3) is 0.500. The van der Waals surface area contributed by atoms with Gasteiger partial charge in [0.25, 0.3) is 0 Å². The largest absolute Gasteiger partial charge is 0.468 e. The lowest BCUT2D eigenvalue weighted by Crippen LogP contribution is -2.33. The number of halogens is 1. The molecule has 0 saturated heterocycles. The molecule has 1 N–H and O–H groups in total. The van der Waals surface area contributed by atoms with Gasteiger partial charge in [-0.1, -0.05) is 6.92 Å². The van der Waals surface area contributed by atoms with Crippen LogP contribution in [0, 0.1) is 0 Å². The SMILES string of the molecule is CCc1ccc(S(=O)(=O)NCC(Cl)C(=O)OC)s1. The average Bonchev–Trinajstić information content (AvgIpc) is 2.84. The van der Waals surface area contributed by atoms with Gasteiger partial charge in [0.1, 0.15) is 9.59 Å². The molecule has 0 aliphatic carbocycles. The number of hydrogen-bond donors (Lipinski definition) is 1. The topological polar surface area (TPSA) is 72.5 Å². The molecule has 1 aromatic rings. The lowest BCUT2D eigenvalue weighted by atomic mass is 10.4. The molecule has 1 rings (SSSR count). The van der Waals surface area contributed by atoms with E-state index < -0.39 is 21.4 Å². The van der Waals surface area contributed by atoms with Crippen molar-refractivity contribution < 1.29 is 17.9 Å². The van der Waals surface area contributed by atoms with E-state index in [2.05, 4.69) is 9.46 Å². The van der Waals surface area contributed by atoms with Crippen LogP contribution in [0.5, 0.6) is 0 Å². The summed E-state index contributed by atoms with van der Waals surface area (Å²) in [6.45, 7) is 1.75. The molecule has 0 spiro atoms. The first-order valence-electron chi connectivity index (χ1n) is 5.21. The highest BCUT2D eigenvalue weighted by atomic mass is 35.5. The summed E-state index contributed by atoms with van der Waals surface area (Å²) in [7, 11) is -2.42. The maximum Gasteiger partial charge on any atom is 0.325 e. The molecule has 0 aromatic carbocycles. The van der Waals surface area contributed by atoms with E-state index in [1.807, 2.05) is 6.92 Å². The van der Waals surface area contributed by atoms with Gasteiger partial charge in [-0.15, -0.1) is 22.9 Å². The van der Waals surface area contributed by atoms with Crippen molar-refractivity contribution in [3.63, 3.8) is 0 Å². The Hall–Kier alpha value is -0.630. The van der Waals surface area contributed by atoms with E-state index in [9.17, 15) is 13.2 Å². The summed E-state index contributed by atoms with van der Waals surface area (Å²) in [5.41, 5.74) is 0. The first-order valence-corrected chi connectivity index (χ1v) is 7.94. The van der Waals surface area contributed by atoms with Crippen molar-refractivity contribution in [2.75, 3.05) is 13.7 Å². The fourth-order valence-electron chi connectivity index (χ4n) is 1.16. The second-order valence-electron chi connectivity index (χ2n) is 3.42. The van der Waals surface area contributed by atoms with E-state index in [-0.39, 0.29) is 10.8 Å². The normalized spacial score (nSPS) is 13.3. The first kappa shape index (κ1) is 15.4. The number of aryl methyl sites for hydroxylation is 1. The number of methoxy groups -OCH3 is 1. The number of sulfonamides is 1. The molecule has 1 atom stereocenters. The summed E-state index contributed by atoms with van der Waals surface area (Å²) in [6.07, 6.45) is 0.778. The quantitative estimate of drug-likeness (QED) is 0.636. The third kappa shape index (κ3) is 3.94. The minimum atomic E-state index is -3.61. The van der Waals surface area contributed by atoms with E-state index in [1.54, 1.807) is 6.07 Å². The predicted octanol–water partition coefficient (Wildman–Crippen LogP) is 1.37. The number of carbonyl (C=O) groups excluding carboxylic acids is 1. The standard InChI is InChI=1S/C10H14ClNO4S2/c1-3-7-4-5-9(17-7)18(14,15)12-6-8(11)10(13)16-2/h4-5,8,12H,3,6H2,1-2H3. The maximum absolute atomic E-state index is 11.9. The molecule has 18 heavy (non-hydrogen) atoms. The van der Waals surface area contributed by atoms with Crippen LogP contribution in [0.4, 0.5) is 0 Å². The Balaban J connectivity index is 2.68. The molecule has 1 heterocycles. The predicted molar refractivity (Wildman–Crippen MR) is 70.5 cm³/mol. The van der Waals surface area contributed by atoms with E-state index >= 15 is 0 Å². The van der Waals surface area contributed by atoms with Gasteiger partial charge in [-0.3, -0.25) is 4.79 Å². The van der Waals surface area contributed by atoms with Crippen LogP contribution in [0.25, 0.3) is 0 Å². The number of nitrogens with one attached hydrogen (secondary N) is 1. The molecular weight excluding hydrogens is 298 g/mol. The average molecular weight is 312 g/mol. The summed E-state index contributed by atoms with van der Waals surface area (Å²) in [4.78, 5) is 12.0. The van der Waals surface area contributed by atoms with Gasteiger partial charge in [0.15, 0.2) is 0 Å². The van der Waals surface area contributed by atoms with Crippen LogP contribution in [0.1, 0.15) is 11.8 Å². The fourth-order valence-corrected chi connectivity index (χ4v) is 3.80. The van der Waals surface area contributed by atoms with Gasteiger partial charge in [-0.05, 0) is 18.6 Å². The van der Waals surface area contributed by atoms with E-state index in [0.29, 0.717) is 0 Å². The Labute approximate surface area is 115 Å². The lowest BCUT2D eigenvalue weighted by Gasteiger charge is -2.08. The summed E-state index contributed by atoms with van der Waals surface area (Å²) >= 11 is 6.86. The third-order valence-electron chi connectivity index (χ3n) is 2.16. The highest BCUT2D eigenvalue weighted by Gasteiger charge is 2.21. The molecule has 8 heteroatoms. The minimum Gasteiger partial charge on any atom is -0.468 e. The molecule has 0 aliphatic heterocycles. The van der Waals surface area contributed by atoms with Gasteiger partial charge >= 0.3 is 5.97 Å². The molecule has 0 radical (unpaired) electrons. The molecule has 0 saturated carbocycles. The van der Waals surface area contributed by atoms with Gasteiger partial charge in [0.2, 0.25) is 10.0 Å². The molecule has 1 aromatic heterocycles. The van der Waals surface area contributed by atoms with Crippen LogP contribution in [-0.4, -0.2) is 33.4 Å². The van der Waals surface area contributed by atoms with E-state index in [4.69, 9.17) is 11.6 Å². The van der Waals surface area contributed by atoms with Crippen molar-refractivity contribution in [2.24, 2.45) is 0 Å². The van der Waals surface area contributed by atoms with Gasteiger partial charge in [-0.2, -0.15) is 0 Å².